The molecule has 0 saturated carbocycles. The smallest absolute Gasteiger partial charge is 0.248 e. The van der Waals surface area contributed by atoms with E-state index in [0.717, 1.165) is 42.8 Å². The average molecular weight is 583 g/mol. The number of pyridine rings is 2. The van der Waals surface area contributed by atoms with E-state index >= 15 is 0 Å². The highest BCUT2D eigenvalue weighted by atomic mass is 16.7. The number of rotatable bonds is 9. The lowest BCUT2D eigenvalue weighted by molar-refractivity contribution is -0.112. The quantitative estimate of drug-likeness (QED) is 0.144. The van der Waals surface area contributed by atoms with Gasteiger partial charge in [-0.15, -0.1) is 0 Å². The summed E-state index contributed by atoms with van der Waals surface area (Å²) in [6.07, 6.45) is 8.08. The third-order valence-electron chi connectivity index (χ3n) is 7.17. The molecule has 6 rings (SSSR count). The monoisotopic (exact) mass is 582 g/mol. The normalized spacial score (nSPS) is 12.8. The van der Waals surface area contributed by atoms with Gasteiger partial charge in [-0.25, -0.2) is 5.06 Å². The molecule has 2 aromatic heterocycles. The van der Waals surface area contributed by atoms with Gasteiger partial charge >= 0.3 is 0 Å². The number of piperidine rings is 1. The van der Waals surface area contributed by atoms with Crippen molar-refractivity contribution in [1.82, 2.24) is 15.3 Å². The first-order valence-corrected chi connectivity index (χ1v) is 14.4. The van der Waals surface area contributed by atoms with Crippen molar-refractivity contribution >= 4 is 33.9 Å². The molecule has 0 atom stereocenters. The van der Waals surface area contributed by atoms with Crippen LogP contribution < -0.4 is 20.4 Å². The first kappa shape index (κ1) is 28.6. The summed E-state index contributed by atoms with van der Waals surface area (Å²) in [6.45, 7) is 1.95. The van der Waals surface area contributed by atoms with E-state index in [1.807, 2.05) is 60.7 Å². The van der Waals surface area contributed by atoms with Gasteiger partial charge in [0, 0.05) is 36.1 Å². The van der Waals surface area contributed by atoms with Gasteiger partial charge in [-0.05, 0) is 61.8 Å². The summed E-state index contributed by atoms with van der Waals surface area (Å²) < 4.78 is 6.22. The minimum Gasteiger partial charge on any atom is -0.455 e. The molecule has 1 fully saturated rings. The molecule has 0 aliphatic carbocycles. The number of nitriles is 1. The van der Waals surface area contributed by atoms with E-state index in [0.29, 0.717) is 39.3 Å². The predicted molar refractivity (Wildman–Crippen MR) is 169 cm³/mol. The number of nitrogens with zero attached hydrogens (tertiary/aromatic N) is 4. The fourth-order valence-corrected chi connectivity index (χ4v) is 5.01. The molecule has 1 aliphatic rings. The van der Waals surface area contributed by atoms with Crippen LogP contribution in [0.3, 0.4) is 0 Å². The van der Waals surface area contributed by atoms with Crippen molar-refractivity contribution in [3.8, 4) is 17.6 Å². The van der Waals surface area contributed by atoms with E-state index in [2.05, 4.69) is 26.7 Å². The summed E-state index contributed by atoms with van der Waals surface area (Å²) in [6, 6.07) is 28.7. The van der Waals surface area contributed by atoms with Crippen LogP contribution in [0.25, 0.3) is 10.9 Å². The number of fused-ring (bicyclic) bond motifs is 1. The molecule has 0 unspecified atom stereocenters. The van der Waals surface area contributed by atoms with Crippen LogP contribution in [0.15, 0.2) is 115 Å². The predicted octanol–water partition coefficient (Wildman–Crippen LogP) is 6.81. The van der Waals surface area contributed by atoms with E-state index < -0.39 is 0 Å². The molecule has 44 heavy (non-hydrogen) atoms. The molecule has 9 heteroatoms. The summed E-state index contributed by atoms with van der Waals surface area (Å²) in [5.74, 6) is 0.699. The Morgan fingerprint density at radius 2 is 1.73 bits per heavy atom. The average Bonchev–Trinajstić information content (AvgIpc) is 3.07. The molecule has 1 amide bonds. The molecule has 2 N–H and O–H groups in total. The minimum atomic E-state index is -0.257. The number of anilines is 3. The molecule has 3 aromatic carbocycles. The zero-order valence-corrected chi connectivity index (χ0v) is 23.9. The molecule has 1 aliphatic heterocycles. The third-order valence-corrected chi connectivity index (χ3v) is 7.17. The number of aromatic nitrogens is 2. The van der Waals surface area contributed by atoms with Gasteiger partial charge in [-0.2, -0.15) is 5.26 Å². The van der Waals surface area contributed by atoms with Crippen LogP contribution >= 0.6 is 0 Å². The Morgan fingerprint density at radius 1 is 1.00 bits per heavy atom. The maximum atomic E-state index is 13.3. The van der Waals surface area contributed by atoms with Gasteiger partial charge in [0.2, 0.25) is 5.91 Å². The van der Waals surface area contributed by atoms with Crippen LogP contribution in [0.4, 0.5) is 17.1 Å². The first-order chi connectivity index (χ1) is 21.7. The fourth-order valence-electron chi connectivity index (χ4n) is 5.01. The number of carbonyl (C=O) groups is 1. The Balaban J connectivity index is 1.47. The zero-order valence-electron chi connectivity index (χ0n) is 23.9. The Kier molecular flexibility index (Phi) is 8.83. The number of nitrogens with one attached hydrogen (secondary N) is 2. The molecule has 3 heterocycles. The van der Waals surface area contributed by atoms with Gasteiger partial charge < -0.3 is 15.4 Å². The van der Waals surface area contributed by atoms with Gasteiger partial charge in [0.05, 0.1) is 28.1 Å². The van der Waals surface area contributed by atoms with Crippen LogP contribution in [0, 0.1) is 11.3 Å². The minimum absolute atomic E-state index is 0.257. The lowest BCUT2D eigenvalue weighted by Gasteiger charge is -2.26. The van der Waals surface area contributed by atoms with Crippen LogP contribution in [0.5, 0.6) is 11.5 Å². The van der Waals surface area contributed by atoms with Crippen molar-refractivity contribution in [3.63, 3.8) is 0 Å². The Morgan fingerprint density at radius 3 is 2.45 bits per heavy atom. The van der Waals surface area contributed by atoms with Crippen LogP contribution in [-0.4, -0.2) is 29.0 Å². The maximum Gasteiger partial charge on any atom is 0.248 e. The lowest BCUT2D eigenvalue weighted by atomic mass is 10.0. The second-order valence-corrected chi connectivity index (χ2v) is 10.2. The molecule has 218 valence electrons. The molecular formula is C35H30N6O3. The highest BCUT2D eigenvalue weighted by Crippen LogP contribution is 2.40. The molecule has 0 bridgehead atoms. The number of benzene rings is 3. The zero-order chi connectivity index (χ0) is 30.1. The Labute approximate surface area is 255 Å². The first-order valence-electron chi connectivity index (χ1n) is 14.4. The van der Waals surface area contributed by atoms with Crippen molar-refractivity contribution < 1.29 is 14.4 Å². The summed E-state index contributed by atoms with van der Waals surface area (Å²) in [5.41, 5.74) is 4.58. The SMILES string of the molecule is N#Cc1cnc2cc(Oc3ccncc3)c(NC(=O)C=C3CCNCC3)cc2c1N(OCc1ccccc1)c1ccccc1. The summed E-state index contributed by atoms with van der Waals surface area (Å²) >= 11 is 0. The van der Waals surface area contributed by atoms with Gasteiger partial charge in [0.15, 0.2) is 5.75 Å². The Bertz CT molecular complexity index is 1810. The summed E-state index contributed by atoms with van der Waals surface area (Å²) in [7, 11) is 0. The van der Waals surface area contributed by atoms with Crippen molar-refractivity contribution in [2.45, 2.75) is 19.4 Å². The highest BCUT2D eigenvalue weighted by Gasteiger charge is 2.22. The second kappa shape index (κ2) is 13.6. The lowest BCUT2D eigenvalue weighted by Crippen LogP contribution is -2.24. The highest BCUT2D eigenvalue weighted by molar-refractivity contribution is 6.05. The molecule has 0 radical (unpaired) electrons. The van der Waals surface area contributed by atoms with Crippen LogP contribution in [0.2, 0.25) is 0 Å². The fraction of sp³-hybridized carbons (Fsp3) is 0.143. The molecule has 9 nitrogen and oxygen atoms in total. The summed E-state index contributed by atoms with van der Waals surface area (Å²) in [4.78, 5) is 28.3. The molecular weight excluding hydrogens is 552 g/mol. The third kappa shape index (κ3) is 6.73. The molecule has 5 aromatic rings. The van der Waals surface area contributed by atoms with Crippen molar-refractivity contribution in [2.24, 2.45) is 0 Å². The Hall–Kier alpha value is -5.56. The van der Waals surface area contributed by atoms with E-state index in [-0.39, 0.29) is 12.5 Å². The van der Waals surface area contributed by atoms with Gasteiger partial charge in [0.1, 0.15) is 18.4 Å². The summed E-state index contributed by atoms with van der Waals surface area (Å²) in [5, 5.41) is 18.8. The van der Waals surface area contributed by atoms with E-state index in [9.17, 15) is 10.1 Å². The van der Waals surface area contributed by atoms with Crippen LogP contribution in [-0.2, 0) is 16.2 Å². The van der Waals surface area contributed by atoms with Crippen LogP contribution in [0.1, 0.15) is 24.0 Å². The molecule has 0 spiro atoms. The second-order valence-electron chi connectivity index (χ2n) is 10.2. The van der Waals surface area contributed by atoms with E-state index in [1.54, 1.807) is 47.8 Å². The number of ether oxygens (including phenoxy) is 1. The number of hydrogen-bond acceptors (Lipinski definition) is 8. The van der Waals surface area contributed by atoms with Gasteiger partial charge in [0.25, 0.3) is 0 Å². The standard InChI is InChI=1S/C35H30N6O3/c36-22-27-23-39-31-21-33(44-29-13-17-38-18-14-29)32(40-34(42)19-25-11-15-37-16-12-25)20-30(31)35(27)41(28-9-5-2-6-10-28)43-24-26-7-3-1-4-8-26/h1-10,13-14,17-21,23,37H,11-12,15-16,24H2,(H,40,42). The molecule has 1 saturated heterocycles. The van der Waals surface area contributed by atoms with Gasteiger partial charge in [-0.3, -0.25) is 19.6 Å². The maximum absolute atomic E-state index is 13.3. The number of hydrogen-bond donors (Lipinski definition) is 2. The number of carbonyl (C=O) groups excluding carboxylic acids is 1. The number of para-hydroxylation sites is 1. The largest absolute Gasteiger partial charge is 0.455 e. The van der Waals surface area contributed by atoms with Crippen molar-refractivity contribution in [1.29, 1.82) is 5.26 Å². The van der Waals surface area contributed by atoms with Crippen molar-refractivity contribution in [2.75, 3.05) is 23.5 Å². The topological polar surface area (TPSA) is 112 Å². The van der Waals surface area contributed by atoms with E-state index in [4.69, 9.17) is 9.57 Å². The van der Waals surface area contributed by atoms with Crippen molar-refractivity contribution in [3.05, 3.63) is 126 Å². The number of amides is 1. The van der Waals surface area contributed by atoms with Gasteiger partial charge in [-0.1, -0.05) is 54.1 Å². The van der Waals surface area contributed by atoms with E-state index in [1.165, 1.54) is 6.20 Å².